The summed E-state index contributed by atoms with van der Waals surface area (Å²) in [5, 5.41) is 13.3. The molecule has 17 heavy (non-hydrogen) atoms. The molecule has 1 N–H and O–H groups in total. The maximum Gasteiger partial charge on any atom is 0.0933 e. The highest BCUT2D eigenvalue weighted by atomic mass is 16.5. The van der Waals surface area contributed by atoms with Gasteiger partial charge in [-0.25, -0.2) is 0 Å². The van der Waals surface area contributed by atoms with Crippen LogP contribution >= 0.6 is 0 Å². The van der Waals surface area contributed by atoms with Gasteiger partial charge in [-0.2, -0.15) is 5.10 Å². The van der Waals surface area contributed by atoms with Crippen LogP contribution in [0.25, 0.3) is 0 Å². The van der Waals surface area contributed by atoms with E-state index in [2.05, 4.69) is 23.0 Å². The molecule has 2 atom stereocenters. The van der Waals surface area contributed by atoms with E-state index in [-0.39, 0.29) is 12.7 Å². The number of nitrogens with zero attached hydrogens (tertiary/aromatic N) is 3. The Balaban J connectivity index is 1.87. The van der Waals surface area contributed by atoms with E-state index in [9.17, 15) is 0 Å². The van der Waals surface area contributed by atoms with E-state index in [1.54, 1.807) is 0 Å². The van der Waals surface area contributed by atoms with E-state index in [0.29, 0.717) is 12.6 Å². The number of aromatic nitrogens is 2. The number of aliphatic hydroxyl groups is 1. The first kappa shape index (κ1) is 12.5. The van der Waals surface area contributed by atoms with Crippen molar-refractivity contribution in [2.24, 2.45) is 7.05 Å². The summed E-state index contributed by atoms with van der Waals surface area (Å²) in [5.41, 5.74) is 1.24. The summed E-state index contributed by atoms with van der Waals surface area (Å²) in [5.74, 6) is 0. The number of ether oxygens (including phenoxy) is 1. The lowest BCUT2D eigenvalue weighted by molar-refractivity contribution is -0.0773. The highest BCUT2D eigenvalue weighted by Gasteiger charge is 2.25. The first-order chi connectivity index (χ1) is 8.20. The van der Waals surface area contributed by atoms with Crippen molar-refractivity contribution in [3.8, 4) is 0 Å². The first-order valence-electron chi connectivity index (χ1n) is 6.14. The van der Waals surface area contributed by atoms with Crippen molar-refractivity contribution < 1.29 is 9.84 Å². The van der Waals surface area contributed by atoms with Crippen LogP contribution in [0.15, 0.2) is 12.3 Å². The van der Waals surface area contributed by atoms with Gasteiger partial charge in [-0.1, -0.05) is 0 Å². The van der Waals surface area contributed by atoms with Gasteiger partial charge >= 0.3 is 0 Å². The second kappa shape index (κ2) is 5.62. The summed E-state index contributed by atoms with van der Waals surface area (Å²) in [7, 11) is 1.97. The molecule has 2 rings (SSSR count). The lowest BCUT2D eigenvalue weighted by atomic mass is 10.1. The molecule has 0 saturated carbocycles. The molecule has 0 bridgehead atoms. The Labute approximate surface area is 102 Å². The Kier molecular flexibility index (Phi) is 4.15. The van der Waals surface area contributed by atoms with Gasteiger partial charge < -0.3 is 9.84 Å². The fraction of sp³-hybridized carbons (Fsp3) is 0.750. The molecule has 0 aliphatic carbocycles. The number of hydrogen-bond acceptors (Lipinski definition) is 4. The van der Waals surface area contributed by atoms with E-state index in [4.69, 9.17) is 9.84 Å². The Hall–Kier alpha value is -0.910. The van der Waals surface area contributed by atoms with Gasteiger partial charge in [0, 0.05) is 44.5 Å². The fourth-order valence-corrected chi connectivity index (χ4v) is 2.20. The smallest absolute Gasteiger partial charge is 0.0933 e. The maximum atomic E-state index is 9.13. The average molecular weight is 239 g/mol. The van der Waals surface area contributed by atoms with E-state index in [1.165, 1.54) is 5.69 Å². The molecule has 5 heteroatoms. The molecular weight excluding hydrogens is 218 g/mol. The molecular formula is C12H21N3O2. The maximum absolute atomic E-state index is 9.13. The van der Waals surface area contributed by atoms with Crippen LogP contribution < -0.4 is 0 Å². The minimum Gasteiger partial charge on any atom is -0.394 e. The molecule has 1 aromatic rings. The summed E-state index contributed by atoms with van der Waals surface area (Å²) in [6, 6.07) is 2.47. The minimum atomic E-state index is -0.0299. The van der Waals surface area contributed by atoms with E-state index in [1.807, 2.05) is 17.9 Å². The summed E-state index contributed by atoms with van der Waals surface area (Å²) < 4.78 is 7.43. The number of morpholine rings is 1. The number of aliphatic hydroxyl groups excluding tert-OH is 1. The zero-order chi connectivity index (χ0) is 12.3. The summed E-state index contributed by atoms with van der Waals surface area (Å²) in [6.07, 6.45) is 2.78. The molecule has 2 unspecified atom stereocenters. The van der Waals surface area contributed by atoms with Crippen LogP contribution in [0.5, 0.6) is 0 Å². The zero-order valence-electron chi connectivity index (χ0n) is 10.5. The third-order valence-corrected chi connectivity index (χ3v) is 3.42. The standard InChI is InChI=1S/C12H21N3O2/c1-10-9-17-12(8-16)7-15(10)6-4-11-3-5-13-14(11)2/h3,5,10,12,16H,4,6-9H2,1-2H3. The predicted octanol–water partition coefficient (Wildman–Crippen LogP) is 0.0442. The molecule has 96 valence electrons. The van der Waals surface area contributed by atoms with E-state index >= 15 is 0 Å². The van der Waals surface area contributed by atoms with Gasteiger partial charge in [0.15, 0.2) is 0 Å². The molecule has 0 radical (unpaired) electrons. The average Bonchev–Trinajstić information content (AvgIpc) is 2.74. The molecule has 1 saturated heterocycles. The molecule has 0 aromatic carbocycles. The van der Waals surface area contributed by atoms with Crippen molar-refractivity contribution in [1.29, 1.82) is 0 Å². The molecule has 2 heterocycles. The van der Waals surface area contributed by atoms with Crippen molar-refractivity contribution in [2.45, 2.75) is 25.5 Å². The predicted molar refractivity (Wildman–Crippen MR) is 64.8 cm³/mol. The van der Waals surface area contributed by atoms with Crippen molar-refractivity contribution >= 4 is 0 Å². The molecule has 1 fully saturated rings. The van der Waals surface area contributed by atoms with Crippen molar-refractivity contribution in [1.82, 2.24) is 14.7 Å². The largest absolute Gasteiger partial charge is 0.394 e. The van der Waals surface area contributed by atoms with Crippen LogP contribution in [-0.2, 0) is 18.2 Å². The van der Waals surface area contributed by atoms with Gasteiger partial charge in [-0.05, 0) is 13.0 Å². The Morgan fingerprint density at radius 3 is 3.06 bits per heavy atom. The van der Waals surface area contributed by atoms with Gasteiger partial charge in [0.1, 0.15) is 0 Å². The molecule has 1 aliphatic heterocycles. The lowest BCUT2D eigenvalue weighted by Crippen LogP contribution is -2.50. The van der Waals surface area contributed by atoms with Crippen LogP contribution in [0.1, 0.15) is 12.6 Å². The summed E-state index contributed by atoms with van der Waals surface area (Å²) in [6.45, 7) is 4.78. The van der Waals surface area contributed by atoms with Crippen molar-refractivity contribution in [3.05, 3.63) is 18.0 Å². The monoisotopic (exact) mass is 239 g/mol. The normalized spacial score (nSPS) is 26.3. The van der Waals surface area contributed by atoms with Gasteiger partial charge in [-0.3, -0.25) is 9.58 Å². The third-order valence-electron chi connectivity index (χ3n) is 3.42. The number of hydrogen-bond donors (Lipinski definition) is 1. The Morgan fingerprint density at radius 2 is 2.41 bits per heavy atom. The van der Waals surface area contributed by atoms with Gasteiger partial charge in [0.05, 0.1) is 19.3 Å². The highest BCUT2D eigenvalue weighted by Crippen LogP contribution is 2.12. The molecule has 0 amide bonds. The van der Waals surface area contributed by atoms with E-state index < -0.39 is 0 Å². The highest BCUT2D eigenvalue weighted by molar-refractivity contribution is 5.00. The van der Waals surface area contributed by atoms with Crippen LogP contribution in [0, 0.1) is 0 Å². The van der Waals surface area contributed by atoms with Crippen LogP contribution in [0.3, 0.4) is 0 Å². The number of rotatable bonds is 4. The van der Waals surface area contributed by atoms with Crippen molar-refractivity contribution in [2.75, 3.05) is 26.3 Å². The third kappa shape index (κ3) is 3.06. The second-order valence-electron chi connectivity index (χ2n) is 4.68. The second-order valence-corrected chi connectivity index (χ2v) is 4.68. The zero-order valence-corrected chi connectivity index (χ0v) is 10.5. The number of aryl methyl sites for hydroxylation is 1. The van der Waals surface area contributed by atoms with Crippen LogP contribution in [-0.4, -0.2) is 58.2 Å². The van der Waals surface area contributed by atoms with Gasteiger partial charge in [0.25, 0.3) is 0 Å². The summed E-state index contributed by atoms with van der Waals surface area (Å²) >= 11 is 0. The lowest BCUT2D eigenvalue weighted by Gasteiger charge is -2.37. The minimum absolute atomic E-state index is 0.0299. The van der Waals surface area contributed by atoms with Crippen LogP contribution in [0.4, 0.5) is 0 Å². The molecule has 1 aromatic heterocycles. The Morgan fingerprint density at radius 1 is 1.59 bits per heavy atom. The first-order valence-corrected chi connectivity index (χ1v) is 6.14. The van der Waals surface area contributed by atoms with E-state index in [0.717, 1.165) is 19.5 Å². The van der Waals surface area contributed by atoms with Crippen LogP contribution in [0.2, 0.25) is 0 Å². The SMILES string of the molecule is CC1COC(CO)CN1CCc1ccnn1C. The van der Waals surface area contributed by atoms with Gasteiger partial charge in [-0.15, -0.1) is 0 Å². The quantitative estimate of drug-likeness (QED) is 0.806. The van der Waals surface area contributed by atoms with Crippen molar-refractivity contribution in [3.63, 3.8) is 0 Å². The van der Waals surface area contributed by atoms with Gasteiger partial charge in [0.2, 0.25) is 0 Å². The molecule has 0 spiro atoms. The molecule has 1 aliphatic rings. The Bertz CT molecular complexity index is 353. The fourth-order valence-electron chi connectivity index (χ4n) is 2.20. The molecule has 5 nitrogen and oxygen atoms in total. The topological polar surface area (TPSA) is 50.5 Å². The summed E-state index contributed by atoms with van der Waals surface area (Å²) in [4.78, 5) is 2.37.